The van der Waals surface area contributed by atoms with Crippen LogP contribution in [0.4, 0.5) is 4.79 Å². The maximum Gasteiger partial charge on any atom is 0.407 e. The number of nitrogens with zero attached hydrogens (tertiary/aromatic N) is 1. The van der Waals surface area contributed by atoms with Crippen molar-refractivity contribution in [2.24, 2.45) is 0 Å². The van der Waals surface area contributed by atoms with Gasteiger partial charge in [-0.15, -0.1) is 0 Å². The van der Waals surface area contributed by atoms with Gasteiger partial charge in [0.25, 0.3) is 0 Å². The fourth-order valence-corrected chi connectivity index (χ4v) is 1.13. The van der Waals surface area contributed by atoms with Crippen LogP contribution in [0.5, 0.6) is 0 Å². The van der Waals surface area contributed by atoms with Crippen LogP contribution in [0.2, 0.25) is 0 Å². The fraction of sp³-hybridized carbons (Fsp3) is 0.833. The summed E-state index contributed by atoms with van der Waals surface area (Å²) in [4.78, 5) is 11.7. The summed E-state index contributed by atoms with van der Waals surface area (Å²) in [6, 6.07) is 0.178. The number of hydrogen-bond acceptors (Lipinski definition) is 2. The van der Waals surface area contributed by atoms with Crippen LogP contribution >= 0.6 is 0 Å². The van der Waals surface area contributed by atoms with Gasteiger partial charge < -0.3 is 15.3 Å². The van der Waals surface area contributed by atoms with Crippen LogP contribution in [0.15, 0.2) is 0 Å². The predicted molar refractivity (Wildman–Crippen MR) is 37.1 cm³/mol. The molecule has 1 aliphatic rings. The third kappa shape index (κ3) is 1.39. The Bertz CT molecular complexity index is 132. The summed E-state index contributed by atoms with van der Waals surface area (Å²) in [5.74, 6) is 0. The van der Waals surface area contributed by atoms with Gasteiger partial charge in [-0.2, -0.15) is 0 Å². The molecule has 10 heavy (non-hydrogen) atoms. The van der Waals surface area contributed by atoms with E-state index in [2.05, 4.69) is 5.32 Å². The highest BCUT2D eigenvalue weighted by Gasteiger charge is 2.21. The molecule has 0 spiro atoms. The number of likely N-dealkylation sites (N-methyl/N-ethyl adjacent to an activating group) is 1. The van der Waals surface area contributed by atoms with Gasteiger partial charge in [-0.05, 0) is 13.0 Å². The van der Waals surface area contributed by atoms with Crippen molar-refractivity contribution in [1.29, 1.82) is 0 Å². The summed E-state index contributed by atoms with van der Waals surface area (Å²) in [5.41, 5.74) is 0. The number of carboxylic acid groups (broad SMARTS) is 1. The average molecular weight is 144 g/mol. The largest absolute Gasteiger partial charge is 0.465 e. The van der Waals surface area contributed by atoms with Crippen molar-refractivity contribution in [2.45, 2.75) is 12.5 Å². The maximum absolute atomic E-state index is 10.4. The smallest absolute Gasteiger partial charge is 0.407 e. The molecule has 1 atom stereocenters. The second-order valence-corrected chi connectivity index (χ2v) is 2.54. The van der Waals surface area contributed by atoms with Crippen LogP contribution in [0.1, 0.15) is 6.42 Å². The first-order valence-electron chi connectivity index (χ1n) is 3.38. The zero-order valence-electron chi connectivity index (χ0n) is 6.00. The molecule has 0 aromatic heterocycles. The Kier molecular flexibility index (Phi) is 2.11. The average Bonchev–Trinajstić information content (AvgIpc) is 2.36. The monoisotopic (exact) mass is 144 g/mol. The number of nitrogens with one attached hydrogen (secondary N) is 1. The molecule has 1 saturated heterocycles. The lowest BCUT2D eigenvalue weighted by Crippen LogP contribution is -2.37. The summed E-state index contributed by atoms with van der Waals surface area (Å²) in [6.45, 7) is 1.73. The Hall–Kier alpha value is -0.770. The second kappa shape index (κ2) is 2.88. The third-order valence-corrected chi connectivity index (χ3v) is 1.88. The molecule has 2 N–H and O–H groups in total. The van der Waals surface area contributed by atoms with E-state index in [-0.39, 0.29) is 6.04 Å². The van der Waals surface area contributed by atoms with Crippen LogP contribution in [0.3, 0.4) is 0 Å². The number of hydrogen-bond donors (Lipinski definition) is 2. The molecule has 0 aromatic rings. The lowest BCUT2D eigenvalue weighted by atomic mass is 10.2. The van der Waals surface area contributed by atoms with Crippen LogP contribution < -0.4 is 5.32 Å². The van der Waals surface area contributed by atoms with E-state index in [0.29, 0.717) is 0 Å². The van der Waals surface area contributed by atoms with Crippen LogP contribution in [0.25, 0.3) is 0 Å². The normalized spacial score (nSPS) is 24.7. The van der Waals surface area contributed by atoms with E-state index in [9.17, 15) is 4.79 Å². The van der Waals surface area contributed by atoms with Crippen molar-refractivity contribution < 1.29 is 9.90 Å². The molecule has 0 aromatic carbocycles. The van der Waals surface area contributed by atoms with E-state index >= 15 is 0 Å². The Morgan fingerprint density at radius 2 is 2.50 bits per heavy atom. The summed E-state index contributed by atoms with van der Waals surface area (Å²) < 4.78 is 0. The zero-order valence-corrected chi connectivity index (χ0v) is 6.00. The lowest BCUT2D eigenvalue weighted by molar-refractivity contribution is 0.142. The van der Waals surface area contributed by atoms with Crippen molar-refractivity contribution >= 4 is 6.09 Å². The van der Waals surface area contributed by atoms with Gasteiger partial charge in [0.15, 0.2) is 0 Å². The van der Waals surface area contributed by atoms with Crippen molar-refractivity contribution in [3.8, 4) is 0 Å². The summed E-state index contributed by atoms with van der Waals surface area (Å²) in [6.07, 6.45) is 0.0942. The van der Waals surface area contributed by atoms with Crippen molar-refractivity contribution in [3.63, 3.8) is 0 Å². The number of rotatable bonds is 1. The first-order chi connectivity index (χ1) is 4.72. The first-order valence-corrected chi connectivity index (χ1v) is 3.38. The Morgan fingerprint density at radius 1 is 1.80 bits per heavy atom. The molecule has 1 heterocycles. The van der Waals surface area contributed by atoms with Gasteiger partial charge in [0.05, 0.1) is 0 Å². The molecule has 58 valence electrons. The molecule has 0 saturated carbocycles. The quantitative estimate of drug-likeness (QED) is 0.543. The fourth-order valence-electron chi connectivity index (χ4n) is 1.13. The van der Waals surface area contributed by atoms with Crippen LogP contribution in [-0.4, -0.2) is 42.3 Å². The SMILES string of the molecule is CN(C(=O)O)[C@@H]1CCNC1. The predicted octanol–water partition coefficient (Wildman–Crippen LogP) is -0.0419. The van der Waals surface area contributed by atoms with Crippen molar-refractivity contribution in [2.75, 3.05) is 20.1 Å². The molecule has 1 rings (SSSR count). The minimum absolute atomic E-state index is 0.178. The molecule has 0 bridgehead atoms. The Labute approximate surface area is 59.8 Å². The topological polar surface area (TPSA) is 52.6 Å². The van der Waals surface area contributed by atoms with E-state index in [1.807, 2.05) is 0 Å². The lowest BCUT2D eigenvalue weighted by Gasteiger charge is -2.19. The maximum atomic E-state index is 10.4. The standard InChI is InChI=1S/C6H12N2O2/c1-8(6(9)10)5-2-3-7-4-5/h5,7H,2-4H2,1H3,(H,9,10)/t5-/m1/s1. The second-order valence-electron chi connectivity index (χ2n) is 2.54. The Balaban J connectivity index is 2.39. The van der Waals surface area contributed by atoms with E-state index in [1.165, 1.54) is 4.90 Å². The van der Waals surface area contributed by atoms with E-state index < -0.39 is 6.09 Å². The molecule has 1 fully saturated rings. The third-order valence-electron chi connectivity index (χ3n) is 1.88. The molecule has 4 heteroatoms. The molecule has 1 aliphatic heterocycles. The van der Waals surface area contributed by atoms with Gasteiger partial charge in [-0.25, -0.2) is 4.79 Å². The summed E-state index contributed by atoms with van der Waals surface area (Å²) in [5, 5.41) is 11.6. The van der Waals surface area contributed by atoms with Crippen LogP contribution in [-0.2, 0) is 0 Å². The van der Waals surface area contributed by atoms with Gasteiger partial charge in [0, 0.05) is 19.6 Å². The molecular weight excluding hydrogens is 132 g/mol. The summed E-state index contributed by atoms with van der Waals surface area (Å²) in [7, 11) is 1.61. The molecule has 0 aliphatic carbocycles. The zero-order chi connectivity index (χ0) is 7.56. The highest BCUT2D eigenvalue weighted by molar-refractivity contribution is 5.65. The Morgan fingerprint density at radius 3 is 2.90 bits per heavy atom. The van der Waals surface area contributed by atoms with Crippen molar-refractivity contribution in [1.82, 2.24) is 10.2 Å². The molecular formula is C6H12N2O2. The van der Waals surface area contributed by atoms with Gasteiger partial charge in [0.2, 0.25) is 0 Å². The first kappa shape index (κ1) is 7.34. The van der Waals surface area contributed by atoms with Crippen LogP contribution in [0, 0.1) is 0 Å². The molecule has 0 radical (unpaired) electrons. The highest BCUT2D eigenvalue weighted by Crippen LogP contribution is 2.05. The van der Waals surface area contributed by atoms with Gasteiger partial charge in [0.1, 0.15) is 0 Å². The summed E-state index contributed by atoms with van der Waals surface area (Å²) >= 11 is 0. The molecule has 1 amide bonds. The highest BCUT2D eigenvalue weighted by atomic mass is 16.4. The molecule has 0 unspecified atom stereocenters. The van der Waals surface area contributed by atoms with Crippen molar-refractivity contribution in [3.05, 3.63) is 0 Å². The van der Waals surface area contributed by atoms with E-state index in [4.69, 9.17) is 5.11 Å². The molecule has 4 nitrogen and oxygen atoms in total. The minimum atomic E-state index is -0.839. The van der Waals surface area contributed by atoms with Gasteiger partial charge in [-0.1, -0.05) is 0 Å². The number of carbonyl (C=O) groups is 1. The number of amides is 1. The van der Waals surface area contributed by atoms with Gasteiger partial charge in [-0.3, -0.25) is 0 Å². The van der Waals surface area contributed by atoms with Gasteiger partial charge >= 0.3 is 6.09 Å². The minimum Gasteiger partial charge on any atom is -0.465 e. The van der Waals surface area contributed by atoms with E-state index in [0.717, 1.165) is 19.5 Å². The van der Waals surface area contributed by atoms with E-state index in [1.54, 1.807) is 7.05 Å².